The van der Waals surface area contributed by atoms with Crippen molar-refractivity contribution in [3.63, 3.8) is 0 Å². The molecule has 148 valence electrons. The molecule has 0 aliphatic heterocycles. The standard InChI is InChI=1S/C20H30N6.HI/c1-4-21-20(25-18-8-5-15(2)6-9-18)24-14-17-7-10-19(23-13-17)26-12-11-22-16(26)3;/h7,10-13,15,18H,4-6,8-9,14H2,1-3H3,(H2,21,24,25);1H. The molecule has 2 aromatic heterocycles. The lowest BCUT2D eigenvalue weighted by molar-refractivity contribution is 0.329. The second-order valence-corrected chi connectivity index (χ2v) is 7.17. The Labute approximate surface area is 179 Å². The Hall–Kier alpha value is -1.64. The number of rotatable bonds is 5. The molecule has 1 fully saturated rings. The van der Waals surface area contributed by atoms with E-state index in [1.807, 2.05) is 30.0 Å². The maximum Gasteiger partial charge on any atom is 0.191 e. The van der Waals surface area contributed by atoms with Crippen LogP contribution in [0.2, 0.25) is 0 Å². The zero-order valence-corrected chi connectivity index (χ0v) is 18.8. The van der Waals surface area contributed by atoms with E-state index in [4.69, 9.17) is 4.99 Å². The van der Waals surface area contributed by atoms with Gasteiger partial charge in [-0.05, 0) is 57.1 Å². The Balaban J connectivity index is 0.00000261. The fourth-order valence-electron chi connectivity index (χ4n) is 3.36. The average molecular weight is 482 g/mol. The van der Waals surface area contributed by atoms with Crippen LogP contribution in [0.4, 0.5) is 0 Å². The van der Waals surface area contributed by atoms with Crippen molar-refractivity contribution in [1.82, 2.24) is 25.2 Å². The first-order valence-electron chi connectivity index (χ1n) is 9.65. The van der Waals surface area contributed by atoms with Crippen LogP contribution in [0.5, 0.6) is 0 Å². The molecule has 1 aliphatic carbocycles. The molecule has 0 amide bonds. The third-order valence-corrected chi connectivity index (χ3v) is 5.00. The first-order chi connectivity index (χ1) is 12.7. The van der Waals surface area contributed by atoms with E-state index < -0.39 is 0 Å². The minimum absolute atomic E-state index is 0. The van der Waals surface area contributed by atoms with Gasteiger partial charge in [-0.2, -0.15) is 0 Å². The van der Waals surface area contributed by atoms with Gasteiger partial charge in [0.15, 0.2) is 5.96 Å². The molecule has 1 saturated carbocycles. The van der Waals surface area contributed by atoms with E-state index in [0.717, 1.165) is 35.6 Å². The van der Waals surface area contributed by atoms with Crippen LogP contribution in [0.25, 0.3) is 5.82 Å². The Morgan fingerprint density at radius 1 is 1.22 bits per heavy atom. The van der Waals surface area contributed by atoms with Gasteiger partial charge in [0, 0.05) is 31.2 Å². The number of aromatic nitrogens is 3. The number of guanidine groups is 1. The molecule has 3 rings (SSSR count). The Morgan fingerprint density at radius 3 is 2.59 bits per heavy atom. The highest BCUT2D eigenvalue weighted by Gasteiger charge is 2.18. The van der Waals surface area contributed by atoms with Crippen molar-refractivity contribution in [1.29, 1.82) is 0 Å². The molecule has 0 aromatic carbocycles. The van der Waals surface area contributed by atoms with E-state index >= 15 is 0 Å². The summed E-state index contributed by atoms with van der Waals surface area (Å²) in [7, 11) is 0. The Bertz CT molecular complexity index is 716. The van der Waals surface area contributed by atoms with E-state index in [1.165, 1.54) is 25.7 Å². The molecule has 1 aliphatic rings. The van der Waals surface area contributed by atoms with Crippen LogP contribution < -0.4 is 10.6 Å². The summed E-state index contributed by atoms with van der Waals surface area (Å²) in [5.41, 5.74) is 1.10. The molecular weight excluding hydrogens is 451 g/mol. The van der Waals surface area contributed by atoms with E-state index in [2.05, 4.69) is 40.5 Å². The Kier molecular flexibility index (Phi) is 8.53. The van der Waals surface area contributed by atoms with Crippen molar-refractivity contribution in [2.24, 2.45) is 10.9 Å². The van der Waals surface area contributed by atoms with Crippen LogP contribution in [-0.2, 0) is 6.54 Å². The molecule has 2 aromatic rings. The summed E-state index contributed by atoms with van der Waals surface area (Å²) in [5.74, 6) is 3.58. The zero-order chi connectivity index (χ0) is 18.4. The largest absolute Gasteiger partial charge is 0.357 e. The van der Waals surface area contributed by atoms with E-state index in [9.17, 15) is 0 Å². The highest BCUT2D eigenvalue weighted by molar-refractivity contribution is 14.0. The lowest BCUT2D eigenvalue weighted by Crippen LogP contribution is -2.44. The van der Waals surface area contributed by atoms with Gasteiger partial charge in [-0.1, -0.05) is 13.0 Å². The maximum absolute atomic E-state index is 4.74. The number of aryl methyl sites for hydroxylation is 1. The van der Waals surface area contributed by atoms with Crippen LogP contribution >= 0.6 is 24.0 Å². The second kappa shape index (κ2) is 10.6. The first kappa shape index (κ1) is 21.7. The number of nitrogens with zero attached hydrogens (tertiary/aromatic N) is 4. The van der Waals surface area contributed by atoms with E-state index in [1.54, 1.807) is 6.20 Å². The van der Waals surface area contributed by atoms with E-state index in [-0.39, 0.29) is 24.0 Å². The summed E-state index contributed by atoms with van der Waals surface area (Å²) >= 11 is 0. The van der Waals surface area contributed by atoms with Crippen molar-refractivity contribution < 1.29 is 0 Å². The predicted octanol–water partition coefficient (Wildman–Crippen LogP) is 3.83. The lowest BCUT2D eigenvalue weighted by atomic mass is 9.87. The highest BCUT2D eigenvalue weighted by atomic mass is 127. The quantitative estimate of drug-likeness (QED) is 0.386. The molecule has 0 atom stereocenters. The third-order valence-electron chi connectivity index (χ3n) is 5.00. The predicted molar refractivity (Wildman–Crippen MR) is 121 cm³/mol. The minimum atomic E-state index is 0. The van der Waals surface area contributed by atoms with E-state index in [0.29, 0.717) is 12.6 Å². The number of nitrogens with one attached hydrogen (secondary N) is 2. The van der Waals surface area contributed by atoms with Gasteiger partial charge < -0.3 is 10.6 Å². The zero-order valence-electron chi connectivity index (χ0n) is 16.5. The fourth-order valence-corrected chi connectivity index (χ4v) is 3.36. The average Bonchev–Trinajstić information content (AvgIpc) is 3.08. The molecule has 6 nitrogen and oxygen atoms in total. The summed E-state index contributed by atoms with van der Waals surface area (Å²) in [5, 5.41) is 6.95. The van der Waals surface area contributed by atoms with Gasteiger partial charge in [-0.25, -0.2) is 15.0 Å². The van der Waals surface area contributed by atoms with Crippen LogP contribution in [0.1, 0.15) is 50.9 Å². The summed E-state index contributed by atoms with van der Waals surface area (Å²) in [6.45, 7) is 7.91. The van der Waals surface area contributed by atoms with Crippen LogP contribution in [0, 0.1) is 12.8 Å². The van der Waals surface area contributed by atoms with Gasteiger partial charge >= 0.3 is 0 Å². The number of halogens is 1. The molecule has 2 heterocycles. The third kappa shape index (κ3) is 6.19. The molecule has 0 bridgehead atoms. The van der Waals surface area contributed by atoms with Crippen molar-refractivity contribution in [2.45, 2.75) is 59.0 Å². The maximum atomic E-state index is 4.74. The van der Waals surface area contributed by atoms with Crippen molar-refractivity contribution >= 4 is 29.9 Å². The fraction of sp³-hybridized carbons (Fsp3) is 0.550. The monoisotopic (exact) mass is 482 g/mol. The number of aliphatic imine (C=N–C) groups is 1. The van der Waals surface area contributed by atoms with Crippen molar-refractivity contribution in [3.8, 4) is 5.82 Å². The van der Waals surface area contributed by atoms with Crippen LogP contribution in [0.3, 0.4) is 0 Å². The van der Waals surface area contributed by atoms with Gasteiger partial charge in [-0.15, -0.1) is 24.0 Å². The van der Waals surface area contributed by atoms with Crippen molar-refractivity contribution in [3.05, 3.63) is 42.1 Å². The molecule has 0 saturated heterocycles. The van der Waals surface area contributed by atoms with Crippen LogP contribution in [-0.4, -0.2) is 33.1 Å². The molecule has 7 heteroatoms. The summed E-state index contributed by atoms with van der Waals surface area (Å²) in [6.07, 6.45) is 10.7. The molecule has 27 heavy (non-hydrogen) atoms. The van der Waals surface area contributed by atoms with Crippen LogP contribution in [0.15, 0.2) is 35.7 Å². The number of hydrogen-bond acceptors (Lipinski definition) is 3. The van der Waals surface area contributed by atoms with Gasteiger partial charge in [0.1, 0.15) is 11.6 Å². The summed E-state index contributed by atoms with van der Waals surface area (Å²) in [6, 6.07) is 4.63. The number of hydrogen-bond donors (Lipinski definition) is 2. The highest BCUT2D eigenvalue weighted by Crippen LogP contribution is 2.23. The topological polar surface area (TPSA) is 67.1 Å². The molecule has 0 spiro atoms. The first-order valence-corrected chi connectivity index (χ1v) is 9.65. The minimum Gasteiger partial charge on any atom is -0.357 e. The van der Waals surface area contributed by atoms with Crippen molar-refractivity contribution in [2.75, 3.05) is 6.54 Å². The molecule has 0 unspecified atom stereocenters. The lowest BCUT2D eigenvalue weighted by Gasteiger charge is -2.28. The number of imidazole rings is 1. The Morgan fingerprint density at radius 2 is 2.00 bits per heavy atom. The van der Waals surface area contributed by atoms with Gasteiger partial charge in [0.2, 0.25) is 0 Å². The van der Waals surface area contributed by atoms with Gasteiger partial charge in [-0.3, -0.25) is 4.57 Å². The summed E-state index contributed by atoms with van der Waals surface area (Å²) < 4.78 is 1.97. The second-order valence-electron chi connectivity index (χ2n) is 7.17. The van der Waals surface area contributed by atoms with Gasteiger partial charge in [0.05, 0.1) is 6.54 Å². The number of pyridine rings is 1. The molecule has 2 N–H and O–H groups in total. The molecule has 0 radical (unpaired) electrons. The molecular formula is C20H31IN6. The van der Waals surface area contributed by atoms with Gasteiger partial charge in [0.25, 0.3) is 0 Å². The summed E-state index contributed by atoms with van der Waals surface area (Å²) in [4.78, 5) is 13.5. The normalized spacial score (nSPS) is 20.0. The smallest absolute Gasteiger partial charge is 0.191 e. The SMILES string of the molecule is CCNC(=NCc1ccc(-n2ccnc2C)nc1)NC1CCC(C)CC1.I.